The van der Waals surface area contributed by atoms with E-state index in [9.17, 15) is 9.59 Å². The topological polar surface area (TPSA) is 111 Å². The lowest BCUT2D eigenvalue weighted by Gasteiger charge is -1.89. The van der Waals surface area contributed by atoms with E-state index in [0.29, 0.717) is 11.1 Å². The van der Waals surface area contributed by atoms with Crippen LogP contribution in [0.25, 0.3) is 33.2 Å². The smallest absolute Gasteiger partial charge is 0.235 e. The molecule has 16 heavy (non-hydrogen) atoms. The maximum Gasteiger partial charge on any atom is 0.235 e. The van der Waals surface area contributed by atoms with E-state index in [-0.39, 0.29) is 32.9 Å². The summed E-state index contributed by atoms with van der Waals surface area (Å²) in [5.41, 5.74) is 0.456. The zero-order valence-corrected chi connectivity index (χ0v) is 7.50. The zero-order valence-electron chi connectivity index (χ0n) is 7.50. The van der Waals surface area contributed by atoms with Gasteiger partial charge in [-0.1, -0.05) is 0 Å². The molecule has 0 unspecified atom stereocenters. The van der Waals surface area contributed by atoms with Crippen LogP contribution in [0.5, 0.6) is 0 Å². The van der Waals surface area contributed by atoms with Crippen molar-refractivity contribution >= 4 is 22.1 Å². The molecule has 2 aliphatic carbocycles. The van der Waals surface area contributed by atoms with Gasteiger partial charge in [-0.3, -0.25) is 9.59 Å². The predicted octanol–water partition coefficient (Wildman–Crippen LogP) is -1.50. The van der Waals surface area contributed by atoms with Gasteiger partial charge in [-0.05, 0) is 10.4 Å². The number of hydrogen-bond donors (Lipinski definition) is 0. The molecule has 8 heteroatoms. The molecule has 0 aliphatic heterocycles. The molecule has 74 valence electrons. The van der Waals surface area contributed by atoms with Crippen LogP contribution >= 0.6 is 0 Å². The highest BCUT2D eigenvalue weighted by Gasteiger charge is 2.30. The van der Waals surface area contributed by atoms with Crippen LogP contribution in [0.4, 0.5) is 0 Å². The minimum Gasteiger partial charge on any atom is -0.285 e. The van der Waals surface area contributed by atoms with Crippen molar-refractivity contribution in [3.63, 3.8) is 0 Å². The standard InChI is InChI=1S/C8N6O2/c15-7-3-1-2-5(7)11-14-12-6(2)8(16)4(1)10-13-9-3. The lowest BCUT2D eigenvalue weighted by molar-refractivity contribution is 0.904. The highest BCUT2D eigenvalue weighted by molar-refractivity contribution is 6.12. The summed E-state index contributed by atoms with van der Waals surface area (Å²) < 4.78 is 0. The molecule has 0 aromatic carbocycles. The third-order valence-corrected chi connectivity index (χ3v) is 2.64. The van der Waals surface area contributed by atoms with Gasteiger partial charge in [0.2, 0.25) is 10.9 Å². The first kappa shape index (κ1) is 7.63. The summed E-state index contributed by atoms with van der Waals surface area (Å²) in [6, 6.07) is 0. The van der Waals surface area contributed by atoms with Crippen molar-refractivity contribution in [1.82, 2.24) is 30.8 Å². The van der Waals surface area contributed by atoms with E-state index >= 15 is 0 Å². The van der Waals surface area contributed by atoms with Crippen molar-refractivity contribution in [2.75, 3.05) is 0 Å². The number of nitrogens with zero attached hydrogens (tertiary/aromatic N) is 6. The van der Waals surface area contributed by atoms with Gasteiger partial charge in [0.25, 0.3) is 0 Å². The van der Waals surface area contributed by atoms with E-state index in [2.05, 4.69) is 30.8 Å². The maximum atomic E-state index is 11.8. The van der Waals surface area contributed by atoms with Crippen molar-refractivity contribution in [3.8, 4) is 11.1 Å². The lowest BCUT2D eigenvalue weighted by atomic mass is 10.2. The molecule has 0 fully saturated rings. The SMILES string of the molecule is O=c1c2nnnc3c2-c2c1nnnc2c3=O. The second-order valence-electron chi connectivity index (χ2n) is 3.38. The Balaban J connectivity index is 2.61. The molecule has 0 radical (unpaired) electrons. The Labute approximate surface area is 85.3 Å². The second kappa shape index (κ2) is 2.13. The molecule has 2 aliphatic rings. The van der Waals surface area contributed by atoms with Gasteiger partial charge in [0.1, 0.15) is 22.1 Å². The van der Waals surface area contributed by atoms with Crippen LogP contribution in [0.15, 0.2) is 9.59 Å². The fourth-order valence-electron chi connectivity index (χ4n) is 1.98. The van der Waals surface area contributed by atoms with Crippen molar-refractivity contribution in [2.24, 2.45) is 0 Å². The van der Waals surface area contributed by atoms with Gasteiger partial charge >= 0.3 is 0 Å². The first-order chi connectivity index (χ1) is 7.79. The fraction of sp³-hybridized carbons (Fsp3) is 0. The maximum absolute atomic E-state index is 11.8. The van der Waals surface area contributed by atoms with E-state index < -0.39 is 0 Å². The molecule has 0 atom stereocenters. The molecule has 2 aromatic rings. The molecular formula is C8N6O2. The molecule has 0 saturated carbocycles. The van der Waals surface area contributed by atoms with Crippen molar-refractivity contribution in [3.05, 3.63) is 20.4 Å². The van der Waals surface area contributed by atoms with Crippen molar-refractivity contribution < 1.29 is 0 Å². The molecule has 0 amide bonds. The van der Waals surface area contributed by atoms with E-state index in [1.165, 1.54) is 0 Å². The molecule has 4 rings (SSSR count). The highest BCUT2D eigenvalue weighted by atomic mass is 16.1. The largest absolute Gasteiger partial charge is 0.285 e. The zero-order chi connectivity index (χ0) is 10.9. The molecule has 0 spiro atoms. The van der Waals surface area contributed by atoms with Gasteiger partial charge in [-0.25, -0.2) is 0 Å². The van der Waals surface area contributed by atoms with E-state index in [4.69, 9.17) is 0 Å². The molecule has 0 N–H and O–H groups in total. The van der Waals surface area contributed by atoms with E-state index in [1.807, 2.05) is 0 Å². The third-order valence-electron chi connectivity index (χ3n) is 2.64. The van der Waals surface area contributed by atoms with Crippen LogP contribution in [-0.2, 0) is 0 Å². The van der Waals surface area contributed by atoms with Crippen LogP contribution in [0.3, 0.4) is 0 Å². The minimum absolute atomic E-state index is 0.106. The predicted molar refractivity (Wildman–Crippen MR) is 50.9 cm³/mol. The third kappa shape index (κ3) is 0.593. The summed E-state index contributed by atoms with van der Waals surface area (Å²) in [7, 11) is 0. The number of rotatable bonds is 0. The van der Waals surface area contributed by atoms with Gasteiger partial charge in [-0.2, -0.15) is 0 Å². The van der Waals surface area contributed by atoms with Crippen molar-refractivity contribution in [1.29, 1.82) is 0 Å². The van der Waals surface area contributed by atoms with Crippen LogP contribution in [-0.4, -0.2) is 30.8 Å². The first-order valence-corrected chi connectivity index (χ1v) is 4.35. The normalized spacial score (nSPS) is 12.2. The van der Waals surface area contributed by atoms with Crippen LogP contribution < -0.4 is 10.9 Å². The van der Waals surface area contributed by atoms with E-state index in [1.54, 1.807) is 0 Å². The highest BCUT2D eigenvalue weighted by Crippen LogP contribution is 2.33. The summed E-state index contributed by atoms with van der Waals surface area (Å²) in [6.45, 7) is 0. The summed E-state index contributed by atoms with van der Waals surface area (Å²) in [4.78, 5) is 23.6. The average Bonchev–Trinajstić information content (AvgIpc) is 2.78. The summed E-state index contributed by atoms with van der Waals surface area (Å²) in [6.07, 6.45) is 0. The Morgan fingerprint density at radius 1 is 0.562 bits per heavy atom. The molecule has 2 aromatic heterocycles. The Bertz CT molecular complexity index is 757. The number of hydrogen-bond acceptors (Lipinski definition) is 8. The molecule has 0 bridgehead atoms. The summed E-state index contributed by atoms with van der Waals surface area (Å²) in [5, 5.41) is 21.3. The number of aromatic nitrogens is 6. The Hall–Kier alpha value is -2.64. The van der Waals surface area contributed by atoms with Crippen LogP contribution in [0.2, 0.25) is 0 Å². The van der Waals surface area contributed by atoms with Crippen molar-refractivity contribution in [2.45, 2.75) is 0 Å². The first-order valence-electron chi connectivity index (χ1n) is 4.35. The van der Waals surface area contributed by atoms with E-state index in [0.717, 1.165) is 0 Å². The van der Waals surface area contributed by atoms with Gasteiger partial charge in [-0.15, -0.1) is 20.4 Å². The molecule has 0 saturated heterocycles. The Morgan fingerprint density at radius 2 is 0.875 bits per heavy atom. The Morgan fingerprint density at radius 3 is 1.19 bits per heavy atom. The average molecular weight is 212 g/mol. The minimum atomic E-state index is -0.384. The molecule has 2 heterocycles. The molecule has 8 nitrogen and oxygen atoms in total. The lowest BCUT2D eigenvalue weighted by Crippen LogP contribution is -2.07. The second-order valence-corrected chi connectivity index (χ2v) is 3.38. The van der Waals surface area contributed by atoms with Gasteiger partial charge in [0, 0.05) is 0 Å². The monoisotopic (exact) mass is 212 g/mol. The summed E-state index contributed by atoms with van der Waals surface area (Å²) >= 11 is 0. The quantitative estimate of drug-likeness (QED) is 0.346. The summed E-state index contributed by atoms with van der Waals surface area (Å²) in [5.74, 6) is 0. The van der Waals surface area contributed by atoms with Gasteiger partial charge < -0.3 is 0 Å². The van der Waals surface area contributed by atoms with Crippen LogP contribution in [0.1, 0.15) is 0 Å². The van der Waals surface area contributed by atoms with Gasteiger partial charge in [0.05, 0.1) is 11.1 Å². The Kier molecular flexibility index (Phi) is 1.02. The fourth-order valence-corrected chi connectivity index (χ4v) is 1.98. The van der Waals surface area contributed by atoms with Crippen LogP contribution in [0, 0.1) is 0 Å². The van der Waals surface area contributed by atoms with Gasteiger partial charge in [0.15, 0.2) is 0 Å². The molecular weight excluding hydrogens is 212 g/mol.